The molecule has 0 aliphatic rings. The first-order valence-corrected chi connectivity index (χ1v) is 5.82. The number of hydrogen-bond acceptors (Lipinski definition) is 4. The average molecular weight is 233 g/mol. The molecule has 0 radical (unpaired) electrons. The van der Waals surface area contributed by atoms with Gasteiger partial charge in [0.15, 0.2) is 0 Å². The topological polar surface area (TPSA) is 50.7 Å². The van der Waals surface area contributed by atoms with Crippen LogP contribution in [0.15, 0.2) is 0 Å². The van der Waals surface area contributed by atoms with Gasteiger partial charge in [-0.3, -0.25) is 0 Å². The van der Waals surface area contributed by atoms with E-state index in [4.69, 9.17) is 9.47 Å². The number of aliphatic hydroxyl groups is 1. The van der Waals surface area contributed by atoms with Crippen LogP contribution in [0.1, 0.15) is 33.6 Å². The van der Waals surface area contributed by atoms with Gasteiger partial charge in [0.05, 0.1) is 12.2 Å². The maximum absolute atomic E-state index is 9.17. The first kappa shape index (κ1) is 15.8. The van der Waals surface area contributed by atoms with Crippen LogP contribution in [0.2, 0.25) is 0 Å². The molecule has 1 atom stereocenters. The molecule has 0 fully saturated rings. The van der Waals surface area contributed by atoms with Crippen LogP contribution < -0.4 is 5.32 Å². The molecule has 16 heavy (non-hydrogen) atoms. The quantitative estimate of drug-likeness (QED) is 0.587. The number of nitrogens with one attached hydrogen (secondary N) is 1. The van der Waals surface area contributed by atoms with Crippen molar-refractivity contribution in [3.63, 3.8) is 0 Å². The zero-order valence-electron chi connectivity index (χ0n) is 11.3. The number of hydrogen-bond donors (Lipinski definition) is 2. The van der Waals surface area contributed by atoms with E-state index in [1.165, 1.54) is 0 Å². The molecule has 0 saturated carbocycles. The van der Waals surface area contributed by atoms with Crippen LogP contribution in [0.5, 0.6) is 0 Å². The van der Waals surface area contributed by atoms with Crippen molar-refractivity contribution in [1.29, 1.82) is 0 Å². The number of ether oxygens (including phenoxy) is 2. The predicted molar refractivity (Wildman–Crippen MR) is 65.7 cm³/mol. The molecule has 0 aromatic carbocycles. The minimum atomic E-state index is -0.239. The highest BCUT2D eigenvalue weighted by atomic mass is 16.5. The summed E-state index contributed by atoms with van der Waals surface area (Å²) in [4.78, 5) is 0. The van der Waals surface area contributed by atoms with Crippen molar-refractivity contribution in [3.05, 3.63) is 0 Å². The standard InChI is InChI=1S/C12H27NO3/c1-11(2,15-5)6-8-16-9-7-12(3,10-14)13-4/h13-14H,6-10H2,1-5H3. The summed E-state index contributed by atoms with van der Waals surface area (Å²) < 4.78 is 10.8. The highest BCUT2D eigenvalue weighted by molar-refractivity contribution is 4.79. The Bertz CT molecular complexity index is 179. The van der Waals surface area contributed by atoms with E-state index < -0.39 is 0 Å². The van der Waals surface area contributed by atoms with E-state index in [0.29, 0.717) is 13.2 Å². The van der Waals surface area contributed by atoms with Crippen LogP contribution in [0.3, 0.4) is 0 Å². The number of methoxy groups -OCH3 is 1. The lowest BCUT2D eigenvalue weighted by Gasteiger charge is -2.27. The number of rotatable bonds is 9. The fourth-order valence-corrected chi connectivity index (χ4v) is 1.10. The Labute approximate surface area is 99.3 Å². The van der Waals surface area contributed by atoms with Gasteiger partial charge in [-0.05, 0) is 40.7 Å². The molecule has 0 rings (SSSR count). The zero-order valence-corrected chi connectivity index (χ0v) is 11.3. The number of aliphatic hydroxyl groups excluding tert-OH is 1. The van der Waals surface area contributed by atoms with E-state index in [1.807, 2.05) is 27.8 Å². The monoisotopic (exact) mass is 233 g/mol. The molecular weight excluding hydrogens is 206 g/mol. The second-order valence-electron chi connectivity index (χ2n) is 5.04. The van der Waals surface area contributed by atoms with Gasteiger partial charge in [-0.2, -0.15) is 0 Å². The first-order valence-electron chi connectivity index (χ1n) is 5.82. The predicted octanol–water partition coefficient (Wildman–Crippen LogP) is 1.18. The lowest BCUT2D eigenvalue weighted by atomic mass is 10.0. The fraction of sp³-hybridized carbons (Fsp3) is 1.00. The van der Waals surface area contributed by atoms with E-state index in [1.54, 1.807) is 7.11 Å². The molecular formula is C12H27NO3. The summed E-state index contributed by atoms with van der Waals surface area (Å²) in [6.07, 6.45) is 1.67. The SMILES string of the molecule is CNC(C)(CO)CCOCCC(C)(C)OC. The molecule has 0 aromatic heterocycles. The summed E-state index contributed by atoms with van der Waals surface area (Å²) in [5, 5.41) is 12.3. The Kier molecular flexibility index (Phi) is 7.15. The molecule has 0 aliphatic carbocycles. The third-order valence-electron chi connectivity index (χ3n) is 3.15. The molecule has 4 nitrogen and oxygen atoms in total. The molecule has 0 saturated heterocycles. The van der Waals surface area contributed by atoms with E-state index >= 15 is 0 Å². The van der Waals surface area contributed by atoms with Crippen LogP contribution in [0, 0.1) is 0 Å². The lowest BCUT2D eigenvalue weighted by Crippen LogP contribution is -2.44. The highest BCUT2D eigenvalue weighted by Crippen LogP contribution is 2.13. The minimum absolute atomic E-state index is 0.121. The molecule has 0 aliphatic heterocycles. The summed E-state index contributed by atoms with van der Waals surface area (Å²) in [6.45, 7) is 7.53. The molecule has 2 N–H and O–H groups in total. The van der Waals surface area contributed by atoms with Gasteiger partial charge in [0, 0.05) is 25.9 Å². The van der Waals surface area contributed by atoms with Crippen molar-refractivity contribution < 1.29 is 14.6 Å². The van der Waals surface area contributed by atoms with Crippen LogP contribution in [0.25, 0.3) is 0 Å². The van der Waals surface area contributed by atoms with Gasteiger partial charge in [-0.15, -0.1) is 0 Å². The van der Waals surface area contributed by atoms with Crippen molar-refractivity contribution in [2.24, 2.45) is 0 Å². The highest BCUT2D eigenvalue weighted by Gasteiger charge is 2.20. The van der Waals surface area contributed by atoms with Gasteiger partial charge >= 0.3 is 0 Å². The second kappa shape index (κ2) is 7.22. The third-order valence-corrected chi connectivity index (χ3v) is 3.15. The average Bonchev–Trinajstić information content (AvgIpc) is 2.28. The van der Waals surface area contributed by atoms with E-state index in [2.05, 4.69) is 5.32 Å². The van der Waals surface area contributed by atoms with Crippen LogP contribution in [-0.2, 0) is 9.47 Å². The molecule has 0 bridgehead atoms. The van der Waals surface area contributed by atoms with Crippen LogP contribution >= 0.6 is 0 Å². The zero-order chi connectivity index (χ0) is 12.7. The van der Waals surface area contributed by atoms with Crippen molar-refractivity contribution in [3.8, 4) is 0 Å². The van der Waals surface area contributed by atoms with Crippen molar-refractivity contribution in [2.45, 2.75) is 44.8 Å². The largest absolute Gasteiger partial charge is 0.394 e. The van der Waals surface area contributed by atoms with Gasteiger partial charge in [-0.25, -0.2) is 0 Å². The molecule has 0 aromatic rings. The summed E-state index contributed by atoms with van der Waals surface area (Å²) in [7, 11) is 3.56. The van der Waals surface area contributed by atoms with Crippen molar-refractivity contribution in [1.82, 2.24) is 5.32 Å². The summed E-state index contributed by atoms with van der Waals surface area (Å²) in [5.74, 6) is 0. The Morgan fingerprint density at radius 3 is 2.12 bits per heavy atom. The maximum atomic E-state index is 9.17. The molecule has 98 valence electrons. The summed E-state index contributed by atoms with van der Waals surface area (Å²) >= 11 is 0. The Hall–Kier alpha value is -0.160. The smallest absolute Gasteiger partial charge is 0.0644 e. The van der Waals surface area contributed by atoms with Crippen molar-refractivity contribution in [2.75, 3.05) is 34.0 Å². The van der Waals surface area contributed by atoms with E-state index in [9.17, 15) is 5.11 Å². The Morgan fingerprint density at radius 2 is 1.69 bits per heavy atom. The van der Waals surface area contributed by atoms with E-state index in [0.717, 1.165) is 12.8 Å². The Balaban J connectivity index is 3.61. The summed E-state index contributed by atoms with van der Waals surface area (Å²) in [5.41, 5.74) is -0.361. The molecule has 1 unspecified atom stereocenters. The van der Waals surface area contributed by atoms with Gasteiger partial charge in [0.1, 0.15) is 0 Å². The van der Waals surface area contributed by atoms with Gasteiger partial charge < -0.3 is 19.9 Å². The third kappa shape index (κ3) is 6.43. The molecule has 0 amide bonds. The van der Waals surface area contributed by atoms with Crippen molar-refractivity contribution >= 4 is 0 Å². The fourth-order valence-electron chi connectivity index (χ4n) is 1.10. The molecule has 0 spiro atoms. The van der Waals surface area contributed by atoms with Gasteiger partial charge in [0.25, 0.3) is 0 Å². The Morgan fingerprint density at radius 1 is 1.12 bits per heavy atom. The second-order valence-corrected chi connectivity index (χ2v) is 5.04. The van der Waals surface area contributed by atoms with Gasteiger partial charge in [-0.1, -0.05) is 0 Å². The number of likely N-dealkylation sites (N-methyl/N-ethyl adjacent to an activating group) is 1. The van der Waals surface area contributed by atoms with Gasteiger partial charge in [0.2, 0.25) is 0 Å². The molecule has 4 heteroatoms. The minimum Gasteiger partial charge on any atom is -0.394 e. The van der Waals surface area contributed by atoms with E-state index in [-0.39, 0.29) is 17.7 Å². The lowest BCUT2D eigenvalue weighted by molar-refractivity contribution is -0.0128. The summed E-state index contributed by atoms with van der Waals surface area (Å²) in [6, 6.07) is 0. The molecule has 0 heterocycles. The van der Waals surface area contributed by atoms with Crippen LogP contribution in [0.4, 0.5) is 0 Å². The van der Waals surface area contributed by atoms with Crippen LogP contribution in [-0.4, -0.2) is 50.2 Å². The maximum Gasteiger partial charge on any atom is 0.0644 e. The normalized spacial score (nSPS) is 16.1. The first-order chi connectivity index (χ1) is 7.39.